The van der Waals surface area contributed by atoms with Gasteiger partial charge in [-0.05, 0) is 29.8 Å². The van der Waals surface area contributed by atoms with E-state index < -0.39 is 10.0 Å². The Kier molecular flexibility index (Phi) is 4.14. The molecular weight excluding hydrogens is 322 g/mol. The second kappa shape index (κ2) is 6.07. The maximum Gasteiger partial charge on any atom is 0.240 e. The fourth-order valence-corrected chi connectivity index (χ4v) is 3.83. The highest BCUT2D eigenvalue weighted by molar-refractivity contribution is 8.00. The number of hydrogen-bond acceptors (Lipinski definition) is 5. The highest BCUT2D eigenvalue weighted by atomic mass is 32.2. The van der Waals surface area contributed by atoms with Gasteiger partial charge in [0.1, 0.15) is 0 Å². The Labute approximate surface area is 132 Å². The number of fused-ring (bicyclic) bond motifs is 1. The number of sulfonamides is 1. The van der Waals surface area contributed by atoms with E-state index in [-0.39, 0.29) is 17.3 Å². The van der Waals surface area contributed by atoms with Crippen LogP contribution in [-0.2, 0) is 21.4 Å². The summed E-state index contributed by atoms with van der Waals surface area (Å²) in [5, 5.41) is 2.68. The minimum atomic E-state index is -3.65. The highest BCUT2D eigenvalue weighted by Gasteiger charge is 2.20. The van der Waals surface area contributed by atoms with Crippen LogP contribution in [0.25, 0.3) is 0 Å². The second-order valence-corrected chi connectivity index (χ2v) is 7.46. The van der Waals surface area contributed by atoms with Gasteiger partial charge in [0.15, 0.2) is 0 Å². The molecule has 2 aromatic rings. The zero-order valence-electron chi connectivity index (χ0n) is 11.4. The standard InChI is InChI=1S/C14H13N3O3S2/c18-14-9-21-13-4-3-11(6-12(13)17-14)22(19,20)16-8-10-2-1-5-15-7-10/h1-7,16H,8-9H2,(H,17,18). The molecule has 0 saturated heterocycles. The number of pyridine rings is 1. The van der Waals surface area contributed by atoms with Crippen LogP contribution in [0, 0.1) is 0 Å². The smallest absolute Gasteiger partial charge is 0.240 e. The Morgan fingerprint density at radius 3 is 2.95 bits per heavy atom. The summed E-state index contributed by atoms with van der Waals surface area (Å²) in [4.78, 5) is 16.3. The zero-order valence-corrected chi connectivity index (χ0v) is 13.1. The lowest BCUT2D eigenvalue weighted by Gasteiger charge is -2.17. The largest absolute Gasteiger partial charge is 0.324 e. The summed E-state index contributed by atoms with van der Waals surface area (Å²) in [5.74, 6) is 0.216. The van der Waals surface area contributed by atoms with Gasteiger partial charge in [-0.2, -0.15) is 0 Å². The molecule has 114 valence electrons. The maximum absolute atomic E-state index is 12.3. The molecule has 0 aliphatic carbocycles. The van der Waals surface area contributed by atoms with Crippen LogP contribution in [0.1, 0.15) is 5.56 Å². The number of benzene rings is 1. The first kappa shape index (κ1) is 15.0. The molecule has 0 unspecified atom stereocenters. The van der Waals surface area contributed by atoms with E-state index in [0.717, 1.165) is 10.5 Å². The first-order valence-electron chi connectivity index (χ1n) is 6.50. The van der Waals surface area contributed by atoms with Gasteiger partial charge in [-0.15, -0.1) is 11.8 Å². The van der Waals surface area contributed by atoms with E-state index in [9.17, 15) is 13.2 Å². The topological polar surface area (TPSA) is 88.2 Å². The molecule has 0 fully saturated rings. The Morgan fingerprint density at radius 2 is 2.18 bits per heavy atom. The SMILES string of the molecule is O=C1CSc2ccc(S(=O)(=O)NCc3cccnc3)cc2N1. The molecule has 0 saturated carbocycles. The van der Waals surface area contributed by atoms with Crippen molar-refractivity contribution >= 4 is 33.4 Å². The third-order valence-electron chi connectivity index (χ3n) is 3.08. The van der Waals surface area contributed by atoms with E-state index in [4.69, 9.17) is 0 Å². The first-order valence-corrected chi connectivity index (χ1v) is 8.97. The molecule has 1 aromatic heterocycles. The van der Waals surface area contributed by atoms with Crippen LogP contribution < -0.4 is 10.0 Å². The number of carbonyl (C=O) groups excluding carboxylic acids is 1. The Hall–Kier alpha value is -1.90. The van der Waals surface area contributed by atoms with Gasteiger partial charge in [-0.1, -0.05) is 6.07 Å². The van der Waals surface area contributed by atoms with Crippen molar-refractivity contribution in [2.45, 2.75) is 16.3 Å². The Balaban J connectivity index is 1.80. The number of amides is 1. The summed E-state index contributed by atoms with van der Waals surface area (Å²) < 4.78 is 27.2. The molecule has 1 aromatic carbocycles. The highest BCUT2D eigenvalue weighted by Crippen LogP contribution is 2.33. The molecule has 1 aliphatic heterocycles. The monoisotopic (exact) mass is 335 g/mol. The molecule has 22 heavy (non-hydrogen) atoms. The van der Waals surface area contributed by atoms with E-state index >= 15 is 0 Å². The van der Waals surface area contributed by atoms with Crippen LogP contribution in [0.5, 0.6) is 0 Å². The summed E-state index contributed by atoms with van der Waals surface area (Å²) in [5.41, 5.74) is 1.30. The number of anilines is 1. The molecule has 1 aliphatic rings. The quantitative estimate of drug-likeness (QED) is 0.886. The summed E-state index contributed by atoms with van der Waals surface area (Å²) in [7, 11) is -3.65. The molecule has 2 N–H and O–H groups in total. The number of nitrogens with one attached hydrogen (secondary N) is 2. The number of aromatic nitrogens is 1. The predicted molar refractivity (Wildman–Crippen MR) is 84.1 cm³/mol. The molecule has 0 bridgehead atoms. The average molecular weight is 335 g/mol. The van der Waals surface area contributed by atoms with Gasteiger partial charge >= 0.3 is 0 Å². The zero-order chi connectivity index (χ0) is 15.6. The summed E-state index contributed by atoms with van der Waals surface area (Å²) in [6.45, 7) is 0.161. The van der Waals surface area contributed by atoms with E-state index in [1.807, 2.05) is 0 Å². The summed E-state index contributed by atoms with van der Waals surface area (Å²) in [6, 6.07) is 8.26. The minimum Gasteiger partial charge on any atom is -0.324 e. The van der Waals surface area contributed by atoms with E-state index in [1.54, 1.807) is 30.6 Å². The fourth-order valence-electron chi connectivity index (χ4n) is 1.99. The molecule has 0 radical (unpaired) electrons. The van der Waals surface area contributed by atoms with E-state index in [1.165, 1.54) is 23.9 Å². The predicted octanol–water partition coefficient (Wildman–Crippen LogP) is 1.60. The first-order chi connectivity index (χ1) is 10.5. The molecule has 0 spiro atoms. The lowest BCUT2D eigenvalue weighted by molar-refractivity contribution is -0.113. The molecular formula is C14H13N3O3S2. The molecule has 0 atom stereocenters. The number of thioether (sulfide) groups is 1. The van der Waals surface area contributed by atoms with Crippen molar-refractivity contribution < 1.29 is 13.2 Å². The molecule has 1 amide bonds. The van der Waals surface area contributed by atoms with Gasteiger partial charge < -0.3 is 5.32 Å². The Morgan fingerprint density at radius 1 is 1.32 bits per heavy atom. The average Bonchev–Trinajstić information content (AvgIpc) is 2.53. The molecule has 2 heterocycles. The summed E-state index contributed by atoms with van der Waals surface area (Å²) in [6.07, 6.45) is 3.23. The Bertz CT molecular complexity index is 807. The van der Waals surface area contributed by atoms with Crippen molar-refractivity contribution in [2.24, 2.45) is 0 Å². The molecule has 3 rings (SSSR count). The maximum atomic E-state index is 12.3. The van der Waals surface area contributed by atoms with Crippen molar-refractivity contribution in [3.8, 4) is 0 Å². The van der Waals surface area contributed by atoms with Crippen LogP contribution in [0.15, 0.2) is 52.5 Å². The lowest BCUT2D eigenvalue weighted by atomic mass is 10.3. The number of nitrogens with zero attached hydrogens (tertiary/aromatic N) is 1. The molecule has 8 heteroatoms. The van der Waals surface area contributed by atoms with E-state index in [0.29, 0.717) is 11.4 Å². The van der Waals surface area contributed by atoms with Gasteiger partial charge in [-0.3, -0.25) is 9.78 Å². The van der Waals surface area contributed by atoms with Crippen molar-refractivity contribution in [3.05, 3.63) is 48.3 Å². The normalized spacial score (nSPS) is 14.3. The van der Waals surface area contributed by atoms with Crippen molar-refractivity contribution in [1.82, 2.24) is 9.71 Å². The minimum absolute atomic E-state index is 0.123. The van der Waals surface area contributed by atoms with Gasteiger partial charge in [0.2, 0.25) is 15.9 Å². The van der Waals surface area contributed by atoms with Crippen LogP contribution in [0.2, 0.25) is 0 Å². The summed E-state index contributed by atoms with van der Waals surface area (Å²) >= 11 is 1.39. The van der Waals surface area contributed by atoms with Crippen molar-refractivity contribution in [1.29, 1.82) is 0 Å². The van der Waals surface area contributed by atoms with Gasteiger partial charge in [0.25, 0.3) is 0 Å². The van der Waals surface area contributed by atoms with Crippen molar-refractivity contribution in [2.75, 3.05) is 11.1 Å². The van der Waals surface area contributed by atoms with Gasteiger partial charge in [-0.25, -0.2) is 13.1 Å². The van der Waals surface area contributed by atoms with Gasteiger partial charge in [0.05, 0.1) is 16.3 Å². The van der Waals surface area contributed by atoms with Crippen LogP contribution >= 0.6 is 11.8 Å². The number of hydrogen-bond donors (Lipinski definition) is 2. The van der Waals surface area contributed by atoms with Gasteiger partial charge in [0, 0.05) is 23.8 Å². The van der Waals surface area contributed by atoms with E-state index in [2.05, 4.69) is 15.0 Å². The van der Waals surface area contributed by atoms with Crippen LogP contribution in [-0.4, -0.2) is 25.1 Å². The number of carbonyl (C=O) groups is 1. The second-order valence-electron chi connectivity index (χ2n) is 4.68. The third kappa shape index (κ3) is 3.29. The lowest BCUT2D eigenvalue weighted by Crippen LogP contribution is -2.24. The molecule has 6 nitrogen and oxygen atoms in total. The van der Waals surface area contributed by atoms with Crippen LogP contribution in [0.4, 0.5) is 5.69 Å². The third-order valence-corrected chi connectivity index (χ3v) is 5.56. The van der Waals surface area contributed by atoms with Crippen molar-refractivity contribution in [3.63, 3.8) is 0 Å². The fraction of sp³-hybridized carbons (Fsp3) is 0.143. The van der Waals surface area contributed by atoms with Crippen LogP contribution in [0.3, 0.4) is 0 Å². The number of rotatable bonds is 4.